The molecule has 1 amide bonds. The first-order valence-electron chi connectivity index (χ1n) is 8.10. The molecule has 27 heavy (non-hydrogen) atoms. The minimum absolute atomic E-state index is 0.230. The van der Waals surface area contributed by atoms with Crippen LogP contribution in [0, 0.1) is 5.82 Å². The molecule has 1 aromatic carbocycles. The van der Waals surface area contributed by atoms with Crippen LogP contribution in [0.25, 0.3) is 5.78 Å². The predicted octanol–water partition coefficient (Wildman–Crippen LogP) is 0.291. The molecular formula is C16H17FN6O3S. The van der Waals surface area contributed by atoms with Crippen molar-refractivity contribution >= 4 is 21.7 Å². The number of aryl methyl sites for hydroxylation is 1. The maximum Gasteiger partial charge on any atom is 0.252 e. The van der Waals surface area contributed by atoms with Gasteiger partial charge in [0.1, 0.15) is 12.1 Å². The van der Waals surface area contributed by atoms with Gasteiger partial charge in [-0.25, -0.2) is 27.0 Å². The molecule has 0 bridgehead atoms. The van der Waals surface area contributed by atoms with Crippen LogP contribution in [-0.2, 0) is 21.2 Å². The largest absolute Gasteiger partial charge is 0.355 e. The fourth-order valence-electron chi connectivity index (χ4n) is 2.35. The molecule has 3 aromatic rings. The molecule has 2 N–H and O–H groups in total. The van der Waals surface area contributed by atoms with Crippen LogP contribution in [-0.4, -0.2) is 47.0 Å². The zero-order valence-corrected chi connectivity index (χ0v) is 15.0. The SMILES string of the molecule is O=C(CNS(=O)(=O)c1cccc(F)c1)NCCCc1cnc2ncnn2c1. The molecule has 0 unspecified atom stereocenters. The van der Waals surface area contributed by atoms with Crippen molar-refractivity contribution in [1.29, 1.82) is 0 Å². The Morgan fingerprint density at radius 1 is 1.26 bits per heavy atom. The number of fused-ring (bicyclic) bond motifs is 1. The summed E-state index contributed by atoms with van der Waals surface area (Å²) in [6, 6.07) is 4.57. The highest BCUT2D eigenvalue weighted by atomic mass is 32.2. The molecule has 0 aliphatic heterocycles. The van der Waals surface area contributed by atoms with E-state index >= 15 is 0 Å². The molecule has 9 nitrogen and oxygen atoms in total. The van der Waals surface area contributed by atoms with Gasteiger partial charge in [0.25, 0.3) is 5.78 Å². The van der Waals surface area contributed by atoms with Crippen LogP contribution in [0.4, 0.5) is 4.39 Å². The Kier molecular flexibility index (Phi) is 5.72. The van der Waals surface area contributed by atoms with Crippen LogP contribution in [0.2, 0.25) is 0 Å². The summed E-state index contributed by atoms with van der Waals surface area (Å²) in [5, 5.41) is 6.62. The van der Waals surface area contributed by atoms with Crippen molar-refractivity contribution in [2.24, 2.45) is 0 Å². The van der Waals surface area contributed by atoms with Crippen LogP contribution < -0.4 is 10.0 Å². The second kappa shape index (κ2) is 8.18. The van der Waals surface area contributed by atoms with E-state index in [9.17, 15) is 17.6 Å². The van der Waals surface area contributed by atoms with Gasteiger partial charge in [0.05, 0.1) is 11.4 Å². The average Bonchev–Trinajstić information content (AvgIpc) is 3.11. The summed E-state index contributed by atoms with van der Waals surface area (Å²) < 4.78 is 40.9. The number of aromatic nitrogens is 4. The van der Waals surface area contributed by atoms with Crippen LogP contribution in [0.3, 0.4) is 0 Å². The summed E-state index contributed by atoms with van der Waals surface area (Å²) in [5.41, 5.74) is 0.939. The normalized spacial score (nSPS) is 11.6. The van der Waals surface area contributed by atoms with Crippen molar-refractivity contribution in [3.63, 3.8) is 0 Å². The van der Waals surface area contributed by atoms with Gasteiger partial charge in [-0.05, 0) is 36.6 Å². The molecule has 3 rings (SSSR count). The molecule has 0 atom stereocenters. The van der Waals surface area contributed by atoms with Crippen molar-refractivity contribution in [2.45, 2.75) is 17.7 Å². The third kappa shape index (κ3) is 5.05. The third-order valence-electron chi connectivity index (χ3n) is 3.68. The lowest BCUT2D eigenvalue weighted by Crippen LogP contribution is -2.37. The lowest BCUT2D eigenvalue weighted by atomic mass is 10.2. The average molecular weight is 392 g/mol. The zero-order chi connectivity index (χ0) is 19.3. The number of hydrogen-bond donors (Lipinski definition) is 2. The summed E-state index contributed by atoms with van der Waals surface area (Å²) in [6.07, 6.45) is 6.23. The van der Waals surface area contributed by atoms with Crippen LogP contribution >= 0.6 is 0 Å². The van der Waals surface area contributed by atoms with Crippen molar-refractivity contribution < 1.29 is 17.6 Å². The van der Waals surface area contributed by atoms with Crippen molar-refractivity contribution in [2.75, 3.05) is 13.1 Å². The molecule has 2 aromatic heterocycles. The molecule has 0 saturated carbocycles. The minimum Gasteiger partial charge on any atom is -0.355 e. The number of hydrogen-bond acceptors (Lipinski definition) is 6. The lowest BCUT2D eigenvalue weighted by Gasteiger charge is -2.08. The van der Waals surface area contributed by atoms with Crippen LogP contribution in [0.5, 0.6) is 0 Å². The highest BCUT2D eigenvalue weighted by molar-refractivity contribution is 7.89. The third-order valence-corrected chi connectivity index (χ3v) is 5.08. The highest BCUT2D eigenvalue weighted by Gasteiger charge is 2.15. The smallest absolute Gasteiger partial charge is 0.252 e. The molecular weight excluding hydrogens is 375 g/mol. The maximum atomic E-state index is 13.1. The van der Waals surface area contributed by atoms with Crippen LogP contribution in [0.1, 0.15) is 12.0 Å². The van der Waals surface area contributed by atoms with E-state index in [-0.39, 0.29) is 4.90 Å². The zero-order valence-electron chi connectivity index (χ0n) is 14.2. The van der Waals surface area contributed by atoms with E-state index in [4.69, 9.17) is 0 Å². The molecule has 142 valence electrons. The van der Waals surface area contributed by atoms with Gasteiger partial charge in [0.15, 0.2) is 0 Å². The monoisotopic (exact) mass is 392 g/mol. The van der Waals surface area contributed by atoms with Gasteiger partial charge in [-0.15, -0.1) is 0 Å². The number of halogens is 1. The van der Waals surface area contributed by atoms with Crippen LogP contribution in [0.15, 0.2) is 47.9 Å². The first-order chi connectivity index (χ1) is 12.9. The van der Waals surface area contributed by atoms with Crippen molar-refractivity contribution in [3.8, 4) is 0 Å². The topological polar surface area (TPSA) is 118 Å². The molecule has 0 saturated heterocycles. The summed E-state index contributed by atoms with van der Waals surface area (Å²) in [5.74, 6) is -0.627. The van der Waals surface area contributed by atoms with Gasteiger partial charge in [0, 0.05) is 18.9 Å². The Morgan fingerprint density at radius 3 is 2.93 bits per heavy atom. The minimum atomic E-state index is -3.94. The van der Waals surface area contributed by atoms with E-state index < -0.39 is 28.3 Å². The first-order valence-corrected chi connectivity index (χ1v) is 9.58. The van der Waals surface area contributed by atoms with E-state index in [1.54, 1.807) is 10.7 Å². The number of sulfonamides is 1. The Hall–Kier alpha value is -2.92. The number of carbonyl (C=O) groups excluding carboxylic acids is 1. The molecule has 2 heterocycles. The van der Waals surface area contributed by atoms with E-state index in [1.165, 1.54) is 18.5 Å². The molecule has 0 aliphatic carbocycles. The molecule has 0 spiro atoms. The van der Waals surface area contributed by atoms with Crippen molar-refractivity contribution in [1.82, 2.24) is 29.6 Å². The Morgan fingerprint density at radius 2 is 2.11 bits per heavy atom. The summed E-state index contributed by atoms with van der Waals surface area (Å²) in [7, 11) is -3.94. The lowest BCUT2D eigenvalue weighted by molar-refractivity contribution is -0.119. The second-order valence-electron chi connectivity index (χ2n) is 5.70. The predicted molar refractivity (Wildman–Crippen MR) is 93.7 cm³/mol. The quantitative estimate of drug-likeness (QED) is 0.532. The van der Waals surface area contributed by atoms with E-state index in [0.29, 0.717) is 25.2 Å². The number of nitrogens with zero attached hydrogens (tertiary/aromatic N) is 4. The Labute approximate surface area is 154 Å². The number of rotatable bonds is 8. The fourth-order valence-corrected chi connectivity index (χ4v) is 3.36. The Bertz CT molecular complexity index is 1050. The summed E-state index contributed by atoms with van der Waals surface area (Å²) in [6.45, 7) is -0.0543. The summed E-state index contributed by atoms with van der Waals surface area (Å²) >= 11 is 0. The second-order valence-corrected chi connectivity index (χ2v) is 7.47. The number of carbonyl (C=O) groups is 1. The molecule has 0 radical (unpaired) electrons. The van der Waals surface area contributed by atoms with Gasteiger partial charge < -0.3 is 5.32 Å². The van der Waals surface area contributed by atoms with Gasteiger partial charge >= 0.3 is 0 Å². The Balaban J connectivity index is 1.41. The fraction of sp³-hybridized carbons (Fsp3) is 0.250. The molecule has 0 aliphatic rings. The highest BCUT2D eigenvalue weighted by Crippen LogP contribution is 2.09. The maximum absolute atomic E-state index is 13.1. The van der Waals surface area contributed by atoms with E-state index in [0.717, 1.165) is 17.7 Å². The van der Waals surface area contributed by atoms with E-state index in [2.05, 4.69) is 25.1 Å². The van der Waals surface area contributed by atoms with Gasteiger partial charge in [0.2, 0.25) is 15.9 Å². The number of benzene rings is 1. The number of nitrogens with one attached hydrogen (secondary N) is 2. The molecule has 0 fully saturated rings. The van der Waals surface area contributed by atoms with Gasteiger partial charge in [-0.3, -0.25) is 4.79 Å². The van der Waals surface area contributed by atoms with Gasteiger partial charge in [-0.1, -0.05) is 6.07 Å². The van der Waals surface area contributed by atoms with Gasteiger partial charge in [-0.2, -0.15) is 10.1 Å². The van der Waals surface area contributed by atoms with E-state index in [1.807, 2.05) is 6.20 Å². The van der Waals surface area contributed by atoms with Crippen molar-refractivity contribution in [3.05, 3.63) is 54.4 Å². The number of amides is 1. The molecule has 11 heteroatoms. The standard InChI is InChI=1S/C16H17FN6O3S/c17-13-4-1-5-14(7-13)27(25,26)22-9-15(24)18-6-2-3-12-8-19-16-20-11-21-23(16)10-12/h1,4-5,7-8,10-11,22H,2-3,6,9H2,(H,18,24). The first kappa shape index (κ1) is 18.9. The summed E-state index contributed by atoms with van der Waals surface area (Å²) in [4.78, 5) is 19.7.